The van der Waals surface area contributed by atoms with Gasteiger partial charge in [-0.15, -0.1) is 0 Å². The molecule has 1 aromatic rings. The highest BCUT2D eigenvalue weighted by Crippen LogP contribution is 2.27. The largest absolute Gasteiger partial charge is 0.623 e. The lowest BCUT2D eigenvalue weighted by atomic mass is 9.82. The number of hydroxylamine groups is 1. The predicted molar refractivity (Wildman–Crippen MR) is 66.0 cm³/mol. The van der Waals surface area contributed by atoms with E-state index in [1.54, 1.807) is 6.92 Å². The molecule has 1 heterocycles. The van der Waals surface area contributed by atoms with Crippen LogP contribution in [-0.2, 0) is 4.79 Å². The van der Waals surface area contributed by atoms with Crippen LogP contribution in [0.15, 0.2) is 16.5 Å². The summed E-state index contributed by atoms with van der Waals surface area (Å²) in [5, 5.41) is 22.6. The van der Waals surface area contributed by atoms with Crippen LogP contribution in [0.2, 0.25) is 0 Å². The summed E-state index contributed by atoms with van der Waals surface area (Å²) in [5.41, 5.74) is -1.10. The Kier molecular flexibility index (Phi) is 3.37. The van der Waals surface area contributed by atoms with Gasteiger partial charge >= 0.3 is 5.88 Å². The van der Waals surface area contributed by atoms with Gasteiger partial charge in [0.1, 0.15) is 4.92 Å². The monoisotopic (exact) mass is 266 g/mol. The highest BCUT2D eigenvalue weighted by molar-refractivity contribution is 5.88. The van der Waals surface area contributed by atoms with Crippen LogP contribution in [0.3, 0.4) is 0 Å². The van der Waals surface area contributed by atoms with Gasteiger partial charge in [0.05, 0.1) is 6.07 Å². The van der Waals surface area contributed by atoms with Crippen LogP contribution in [0, 0.1) is 15.3 Å². The quantitative estimate of drug-likeness (QED) is 0.274. The van der Waals surface area contributed by atoms with E-state index >= 15 is 0 Å². The molecule has 1 saturated carbocycles. The minimum atomic E-state index is -1.10. The molecular formula is C12H14N2O5. The van der Waals surface area contributed by atoms with Crippen LogP contribution in [-0.4, -0.2) is 27.2 Å². The topological polar surface area (TPSA) is 99.4 Å². The molecule has 102 valence electrons. The van der Waals surface area contributed by atoms with Crippen molar-refractivity contribution in [3.63, 3.8) is 0 Å². The number of ketones is 1. The van der Waals surface area contributed by atoms with Crippen LogP contribution in [0.25, 0.3) is 0 Å². The number of hydrogen-bond donors (Lipinski definition) is 0. The number of rotatable bonds is 3. The van der Waals surface area contributed by atoms with Crippen molar-refractivity contribution in [3.8, 4) is 0 Å². The molecule has 1 aliphatic rings. The van der Waals surface area contributed by atoms with Crippen molar-refractivity contribution in [3.05, 3.63) is 33.2 Å². The second-order valence-electron chi connectivity index (χ2n) is 4.79. The zero-order valence-corrected chi connectivity index (χ0v) is 10.5. The third kappa shape index (κ3) is 2.49. The van der Waals surface area contributed by atoms with E-state index in [1.807, 2.05) is 0 Å². The molecule has 1 aromatic heterocycles. The molecule has 2 rings (SSSR count). The maximum absolute atomic E-state index is 12.1. The molecular weight excluding hydrogens is 252 g/mol. The molecule has 7 heteroatoms. The number of carbonyl (C=O) groups excluding carboxylic acids is 1. The molecule has 0 saturated heterocycles. The average molecular weight is 266 g/mol. The van der Waals surface area contributed by atoms with Crippen molar-refractivity contribution in [2.75, 3.05) is 0 Å². The van der Waals surface area contributed by atoms with E-state index in [0.717, 1.165) is 19.1 Å². The first-order chi connectivity index (χ1) is 8.93. The maximum Gasteiger partial charge on any atom is 0.433 e. The third-order valence-corrected chi connectivity index (χ3v) is 3.44. The van der Waals surface area contributed by atoms with E-state index in [0.29, 0.717) is 17.6 Å². The lowest BCUT2D eigenvalue weighted by Gasteiger charge is -2.29. The molecule has 0 spiro atoms. The summed E-state index contributed by atoms with van der Waals surface area (Å²) in [5.74, 6) is -0.466. The van der Waals surface area contributed by atoms with Gasteiger partial charge in [-0.25, -0.2) is 0 Å². The Balaban J connectivity index is 2.26. The molecule has 19 heavy (non-hydrogen) atoms. The summed E-state index contributed by atoms with van der Waals surface area (Å²) in [6, 6.07) is 2.50. The Labute approximate surface area is 109 Å². The van der Waals surface area contributed by atoms with Gasteiger partial charge in [0.15, 0.2) is 5.76 Å². The van der Waals surface area contributed by atoms with E-state index in [4.69, 9.17) is 4.42 Å². The molecule has 0 aliphatic heterocycles. The second-order valence-corrected chi connectivity index (χ2v) is 4.79. The zero-order valence-electron chi connectivity index (χ0n) is 10.5. The van der Waals surface area contributed by atoms with Gasteiger partial charge < -0.3 is 9.62 Å². The fourth-order valence-electron chi connectivity index (χ4n) is 2.16. The van der Waals surface area contributed by atoms with Crippen LogP contribution in [0.5, 0.6) is 0 Å². The van der Waals surface area contributed by atoms with Crippen molar-refractivity contribution in [2.24, 2.45) is 0 Å². The standard InChI is InChI=1S/C12H14N2O5/c1-12(7-3-2-4-10(12)15)13(16)8-9-5-6-11(19-9)14(17)18/h5-6,8H,2-4,7H2,1H3. The maximum atomic E-state index is 12.1. The van der Waals surface area contributed by atoms with Crippen molar-refractivity contribution >= 4 is 17.9 Å². The molecule has 1 fully saturated rings. The molecule has 1 aliphatic carbocycles. The fraction of sp³-hybridized carbons (Fsp3) is 0.500. The Bertz CT molecular complexity index is 548. The van der Waals surface area contributed by atoms with Crippen LogP contribution >= 0.6 is 0 Å². The van der Waals surface area contributed by atoms with Crippen molar-refractivity contribution in [2.45, 2.75) is 38.1 Å². The highest BCUT2D eigenvalue weighted by Gasteiger charge is 2.43. The first-order valence-electron chi connectivity index (χ1n) is 6.02. The normalized spacial score (nSPS) is 24.5. The highest BCUT2D eigenvalue weighted by atomic mass is 16.6. The molecule has 0 bridgehead atoms. The van der Waals surface area contributed by atoms with Gasteiger partial charge in [0.25, 0.3) is 0 Å². The average Bonchev–Trinajstić information content (AvgIpc) is 2.81. The lowest BCUT2D eigenvalue weighted by molar-refractivity contribution is -0.525. The van der Waals surface area contributed by atoms with E-state index in [1.165, 1.54) is 12.1 Å². The van der Waals surface area contributed by atoms with E-state index in [-0.39, 0.29) is 11.5 Å². The number of furan rings is 1. The second kappa shape index (κ2) is 4.83. The number of carbonyl (C=O) groups is 1. The van der Waals surface area contributed by atoms with Crippen molar-refractivity contribution < 1.29 is 18.9 Å². The molecule has 0 amide bonds. The van der Waals surface area contributed by atoms with Gasteiger partial charge in [-0.2, -0.15) is 4.74 Å². The van der Waals surface area contributed by atoms with Crippen LogP contribution < -0.4 is 0 Å². The summed E-state index contributed by atoms with van der Waals surface area (Å²) in [6.07, 6.45) is 3.58. The summed E-state index contributed by atoms with van der Waals surface area (Å²) in [6.45, 7) is 1.59. The van der Waals surface area contributed by atoms with Gasteiger partial charge in [0, 0.05) is 19.8 Å². The SMILES string of the molecule is CC1([N+]([O-])=Cc2ccc([N+](=O)[O-])o2)CCCCC1=O. The molecule has 1 atom stereocenters. The van der Waals surface area contributed by atoms with Crippen molar-refractivity contribution in [1.29, 1.82) is 0 Å². The van der Waals surface area contributed by atoms with E-state index in [2.05, 4.69) is 0 Å². The number of hydrogen-bond acceptors (Lipinski definition) is 5. The Morgan fingerprint density at radius 3 is 2.68 bits per heavy atom. The smallest absolute Gasteiger partial charge is 0.433 e. The third-order valence-electron chi connectivity index (χ3n) is 3.44. The summed E-state index contributed by atoms with van der Waals surface area (Å²) >= 11 is 0. The molecule has 7 nitrogen and oxygen atoms in total. The Morgan fingerprint density at radius 1 is 1.37 bits per heavy atom. The van der Waals surface area contributed by atoms with E-state index in [9.17, 15) is 20.1 Å². The van der Waals surface area contributed by atoms with Crippen LogP contribution in [0.1, 0.15) is 38.4 Å². The van der Waals surface area contributed by atoms with Gasteiger partial charge in [-0.1, -0.05) is 0 Å². The first-order valence-corrected chi connectivity index (χ1v) is 6.02. The summed E-state index contributed by atoms with van der Waals surface area (Å²) in [4.78, 5) is 21.6. The van der Waals surface area contributed by atoms with Gasteiger partial charge in [0.2, 0.25) is 17.5 Å². The minimum absolute atomic E-state index is 0.0706. The Hall–Kier alpha value is -2.18. The first kappa shape index (κ1) is 13.3. The van der Waals surface area contributed by atoms with Gasteiger partial charge in [-0.3, -0.25) is 14.9 Å². The molecule has 1 unspecified atom stereocenters. The van der Waals surface area contributed by atoms with Crippen molar-refractivity contribution in [1.82, 2.24) is 0 Å². The summed E-state index contributed by atoms with van der Waals surface area (Å²) < 4.78 is 5.43. The lowest BCUT2D eigenvalue weighted by Crippen LogP contribution is -2.46. The number of nitro groups is 1. The molecule has 0 aromatic carbocycles. The molecule has 0 N–H and O–H groups in total. The minimum Gasteiger partial charge on any atom is -0.623 e. The number of nitrogens with zero attached hydrogens (tertiary/aromatic N) is 2. The van der Waals surface area contributed by atoms with E-state index < -0.39 is 16.3 Å². The van der Waals surface area contributed by atoms with Crippen LogP contribution in [0.4, 0.5) is 5.88 Å². The zero-order chi connectivity index (χ0) is 14.0. The fourth-order valence-corrected chi connectivity index (χ4v) is 2.16. The van der Waals surface area contributed by atoms with Gasteiger partial charge in [-0.05, 0) is 18.9 Å². The number of Topliss-reactive ketones (excluding diaryl/α,β-unsaturated/α-hetero) is 1. The molecule has 0 radical (unpaired) electrons. The summed E-state index contributed by atoms with van der Waals surface area (Å²) in [7, 11) is 0. The predicted octanol–water partition coefficient (Wildman–Crippen LogP) is 2.02. The Morgan fingerprint density at radius 2 is 2.11 bits per heavy atom.